The molecule has 2 rings (SSSR count). The third kappa shape index (κ3) is 3.27. The second kappa shape index (κ2) is 6.21. The van der Waals surface area contributed by atoms with Crippen LogP contribution in [0.3, 0.4) is 0 Å². The van der Waals surface area contributed by atoms with Crippen molar-refractivity contribution >= 4 is 28.5 Å². The van der Waals surface area contributed by atoms with E-state index in [1.165, 1.54) is 16.2 Å². The number of rotatable bonds is 3. The Morgan fingerprint density at radius 3 is 2.90 bits per heavy atom. The number of hydrogen-bond acceptors (Lipinski definition) is 4. The van der Waals surface area contributed by atoms with Gasteiger partial charge in [-0.1, -0.05) is 13.3 Å². The maximum atomic E-state index is 12.2. The highest BCUT2D eigenvalue weighted by molar-refractivity contribution is 7.13. The van der Waals surface area contributed by atoms with Crippen LogP contribution in [0.5, 0.6) is 0 Å². The summed E-state index contributed by atoms with van der Waals surface area (Å²) in [5.41, 5.74) is 0.838. The number of carboxylic acid groups (broad SMARTS) is 1. The minimum Gasteiger partial charge on any atom is -0.480 e. The molecule has 0 radical (unpaired) electrons. The van der Waals surface area contributed by atoms with Crippen LogP contribution >= 0.6 is 11.3 Å². The van der Waals surface area contributed by atoms with E-state index in [-0.39, 0.29) is 6.03 Å². The van der Waals surface area contributed by atoms with Gasteiger partial charge >= 0.3 is 12.0 Å². The zero-order valence-corrected chi connectivity index (χ0v) is 12.4. The van der Waals surface area contributed by atoms with E-state index in [1.807, 2.05) is 12.3 Å². The number of nitrogens with one attached hydrogen (secondary N) is 1. The van der Waals surface area contributed by atoms with E-state index in [1.54, 1.807) is 0 Å². The molecule has 1 aromatic rings. The Bertz CT molecular complexity index is 503. The molecular formula is C13H19N3O3S. The van der Waals surface area contributed by atoms with Crippen LogP contribution in [0.25, 0.3) is 0 Å². The average molecular weight is 297 g/mol. The van der Waals surface area contributed by atoms with E-state index in [0.29, 0.717) is 24.0 Å². The number of carbonyl (C=O) groups is 2. The normalized spacial score (nSPS) is 22.6. The Labute approximate surface area is 121 Å². The number of thiazole rings is 1. The van der Waals surface area contributed by atoms with Gasteiger partial charge in [0.1, 0.15) is 6.04 Å². The van der Waals surface area contributed by atoms with Crippen LogP contribution in [0, 0.1) is 12.8 Å². The molecular weight excluding hydrogens is 278 g/mol. The van der Waals surface area contributed by atoms with Gasteiger partial charge in [-0.15, -0.1) is 11.3 Å². The molecule has 0 spiro atoms. The molecule has 1 aliphatic rings. The Morgan fingerprint density at radius 1 is 1.60 bits per heavy atom. The fraction of sp³-hybridized carbons (Fsp3) is 0.615. The number of aromatic nitrogens is 1. The lowest BCUT2D eigenvalue weighted by atomic mass is 9.89. The van der Waals surface area contributed by atoms with Crippen molar-refractivity contribution < 1.29 is 14.7 Å². The van der Waals surface area contributed by atoms with Crippen LogP contribution in [0.1, 0.15) is 31.9 Å². The van der Waals surface area contributed by atoms with E-state index < -0.39 is 12.0 Å². The number of likely N-dealkylation sites (tertiary alicyclic amines) is 1. The lowest BCUT2D eigenvalue weighted by Gasteiger charge is -2.36. The van der Waals surface area contributed by atoms with Crippen molar-refractivity contribution in [3.05, 3.63) is 11.1 Å². The smallest absolute Gasteiger partial charge is 0.326 e. The van der Waals surface area contributed by atoms with Gasteiger partial charge in [0.05, 0.1) is 5.69 Å². The van der Waals surface area contributed by atoms with Gasteiger partial charge in [-0.05, 0) is 25.7 Å². The second-order valence-corrected chi connectivity index (χ2v) is 5.93. The molecule has 0 aromatic carbocycles. The number of aliphatic carboxylic acids is 1. The number of aryl methyl sites for hydroxylation is 1. The summed E-state index contributed by atoms with van der Waals surface area (Å²) in [5.74, 6) is -0.559. The predicted octanol–water partition coefficient (Wildman–Crippen LogP) is 2.56. The molecule has 2 heterocycles. The molecule has 0 aliphatic carbocycles. The summed E-state index contributed by atoms with van der Waals surface area (Å²) in [7, 11) is 0. The van der Waals surface area contributed by atoms with E-state index in [2.05, 4.69) is 17.2 Å². The highest BCUT2D eigenvalue weighted by atomic mass is 32.1. The van der Waals surface area contributed by atoms with E-state index >= 15 is 0 Å². The van der Waals surface area contributed by atoms with Crippen LogP contribution in [-0.4, -0.2) is 39.6 Å². The van der Waals surface area contributed by atoms with Crippen LogP contribution in [0.2, 0.25) is 0 Å². The molecule has 110 valence electrons. The first-order valence-corrected chi connectivity index (χ1v) is 7.61. The van der Waals surface area contributed by atoms with Gasteiger partial charge < -0.3 is 10.0 Å². The number of amides is 2. The van der Waals surface area contributed by atoms with Crippen molar-refractivity contribution in [2.24, 2.45) is 5.92 Å². The Morgan fingerprint density at radius 2 is 2.35 bits per heavy atom. The quantitative estimate of drug-likeness (QED) is 0.898. The monoisotopic (exact) mass is 297 g/mol. The maximum Gasteiger partial charge on any atom is 0.326 e. The molecule has 2 unspecified atom stereocenters. The SMILES string of the molecule is CCC1CCN(C(=O)Nc2nc(C)cs2)C(C(=O)O)C1. The van der Waals surface area contributed by atoms with E-state index in [0.717, 1.165) is 18.5 Å². The minimum atomic E-state index is -0.936. The second-order valence-electron chi connectivity index (χ2n) is 5.07. The molecule has 0 bridgehead atoms. The van der Waals surface area contributed by atoms with Crippen LogP contribution in [0.15, 0.2) is 5.38 Å². The summed E-state index contributed by atoms with van der Waals surface area (Å²) in [6.07, 6.45) is 2.33. The number of carbonyl (C=O) groups excluding carboxylic acids is 1. The van der Waals surface area contributed by atoms with Gasteiger partial charge in [0.25, 0.3) is 0 Å². The van der Waals surface area contributed by atoms with Gasteiger partial charge in [-0.3, -0.25) is 5.32 Å². The summed E-state index contributed by atoms with van der Waals surface area (Å²) in [6.45, 7) is 4.38. The summed E-state index contributed by atoms with van der Waals surface area (Å²) >= 11 is 1.34. The van der Waals surface area contributed by atoms with Crippen LogP contribution in [0.4, 0.5) is 9.93 Å². The Hall–Kier alpha value is -1.63. The fourth-order valence-electron chi connectivity index (χ4n) is 2.46. The van der Waals surface area contributed by atoms with Gasteiger partial charge in [0.2, 0.25) is 0 Å². The number of hydrogen-bond donors (Lipinski definition) is 2. The van der Waals surface area contributed by atoms with Gasteiger partial charge in [0, 0.05) is 11.9 Å². The van der Waals surface area contributed by atoms with Gasteiger partial charge in [0.15, 0.2) is 5.13 Å². The molecule has 0 saturated carbocycles. The van der Waals surface area contributed by atoms with Crippen molar-refractivity contribution in [1.82, 2.24) is 9.88 Å². The first-order chi connectivity index (χ1) is 9.51. The zero-order valence-electron chi connectivity index (χ0n) is 11.6. The predicted molar refractivity (Wildman–Crippen MR) is 77.0 cm³/mol. The number of anilines is 1. The summed E-state index contributed by atoms with van der Waals surface area (Å²) in [4.78, 5) is 29.1. The fourth-order valence-corrected chi connectivity index (χ4v) is 3.14. The van der Waals surface area contributed by atoms with Gasteiger partial charge in [-0.25, -0.2) is 14.6 Å². The lowest BCUT2D eigenvalue weighted by molar-refractivity contribution is -0.143. The highest BCUT2D eigenvalue weighted by Crippen LogP contribution is 2.26. The molecule has 1 aromatic heterocycles. The van der Waals surface area contributed by atoms with E-state index in [4.69, 9.17) is 0 Å². The van der Waals surface area contributed by atoms with E-state index in [9.17, 15) is 14.7 Å². The third-order valence-electron chi connectivity index (χ3n) is 3.67. The summed E-state index contributed by atoms with van der Waals surface area (Å²) < 4.78 is 0. The van der Waals surface area contributed by atoms with Gasteiger partial charge in [-0.2, -0.15) is 0 Å². The molecule has 2 N–H and O–H groups in total. The molecule has 1 aliphatic heterocycles. The Kier molecular flexibility index (Phi) is 4.59. The van der Waals surface area contributed by atoms with Crippen molar-refractivity contribution in [3.8, 4) is 0 Å². The highest BCUT2D eigenvalue weighted by Gasteiger charge is 2.35. The summed E-state index contributed by atoms with van der Waals surface area (Å²) in [6, 6.07) is -1.11. The van der Waals surface area contributed by atoms with Crippen LogP contribution < -0.4 is 5.32 Å². The molecule has 20 heavy (non-hydrogen) atoms. The third-order valence-corrected chi connectivity index (χ3v) is 4.54. The Balaban J connectivity index is 2.05. The van der Waals surface area contributed by atoms with Crippen molar-refractivity contribution in [3.63, 3.8) is 0 Å². The number of nitrogens with zero attached hydrogens (tertiary/aromatic N) is 2. The first-order valence-electron chi connectivity index (χ1n) is 6.73. The molecule has 2 amide bonds. The standard InChI is InChI=1S/C13H19N3O3S/c1-3-9-4-5-16(10(6-9)11(17)18)13(19)15-12-14-8(2)7-20-12/h7,9-10H,3-6H2,1-2H3,(H,17,18)(H,14,15,19). The maximum absolute atomic E-state index is 12.2. The molecule has 6 nitrogen and oxygen atoms in total. The van der Waals surface area contributed by atoms with Crippen molar-refractivity contribution in [2.45, 2.75) is 39.2 Å². The van der Waals surface area contributed by atoms with Crippen LogP contribution in [-0.2, 0) is 4.79 Å². The lowest BCUT2D eigenvalue weighted by Crippen LogP contribution is -2.51. The topological polar surface area (TPSA) is 82.5 Å². The molecule has 1 fully saturated rings. The summed E-state index contributed by atoms with van der Waals surface area (Å²) in [5, 5.41) is 14.3. The number of carboxylic acids is 1. The average Bonchev–Trinajstić information content (AvgIpc) is 2.83. The minimum absolute atomic E-state index is 0.374. The van der Waals surface area contributed by atoms with Crippen molar-refractivity contribution in [2.75, 3.05) is 11.9 Å². The molecule has 7 heteroatoms. The number of urea groups is 1. The zero-order chi connectivity index (χ0) is 14.7. The number of piperidine rings is 1. The first kappa shape index (κ1) is 14.8. The molecule has 2 atom stereocenters. The van der Waals surface area contributed by atoms with Crippen molar-refractivity contribution in [1.29, 1.82) is 0 Å². The largest absolute Gasteiger partial charge is 0.480 e. The molecule has 1 saturated heterocycles.